The van der Waals surface area contributed by atoms with Crippen LogP contribution in [0.2, 0.25) is 0 Å². The molecule has 0 saturated carbocycles. The predicted octanol–water partition coefficient (Wildman–Crippen LogP) is 3.62. The van der Waals surface area contributed by atoms with E-state index in [-0.39, 0.29) is 17.2 Å². The Morgan fingerprint density at radius 2 is 1.57 bits per heavy atom. The largest absolute Gasteiger partial charge is 0.328 e. The van der Waals surface area contributed by atoms with Crippen molar-refractivity contribution in [3.05, 3.63) is 35.4 Å². The second kappa shape index (κ2) is 14.4. The zero-order chi connectivity index (χ0) is 22.2. The van der Waals surface area contributed by atoms with Crippen LogP contribution in [0.15, 0.2) is 34.6 Å². The molecule has 0 aliphatic carbocycles. The van der Waals surface area contributed by atoms with Gasteiger partial charge in [-0.15, -0.1) is 4.33 Å². The van der Waals surface area contributed by atoms with Crippen LogP contribution >= 0.6 is 12.3 Å². The Hall–Kier alpha value is -2.64. The van der Waals surface area contributed by atoms with Gasteiger partial charge in [0.2, 0.25) is 0 Å². The molecule has 0 heterocycles. The first-order chi connectivity index (χ1) is 14.5. The maximum atomic E-state index is 11.7. The van der Waals surface area contributed by atoms with E-state index in [2.05, 4.69) is 18.9 Å². The van der Waals surface area contributed by atoms with Gasteiger partial charge in [-0.1, -0.05) is 61.3 Å². The standard InChI is InChI=1S/C18H22N4O6S2/c1-3-5-11-25-28-29-26-21-17(13-19)15-7-9-16(10-8-15)18(14-20)22-27-30(23,24)12-6-4-2/h7-10H,3-6,11-12H2,1-2H3. The van der Waals surface area contributed by atoms with Crippen molar-refractivity contribution in [1.29, 1.82) is 10.5 Å². The van der Waals surface area contributed by atoms with Crippen molar-refractivity contribution in [3.8, 4) is 12.1 Å². The lowest BCUT2D eigenvalue weighted by Gasteiger charge is -2.03. The molecular weight excluding hydrogens is 432 g/mol. The van der Waals surface area contributed by atoms with Crippen molar-refractivity contribution in [2.45, 2.75) is 39.5 Å². The summed E-state index contributed by atoms with van der Waals surface area (Å²) in [4.78, 5) is 4.81. The second-order valence-electron chi connectivity index (χ2n) is 5.76. The molecule has 0 aliphatic rings. The minimum Gasteiger partial charge on any atom is -0.288 e. The molecule has 0 radical (unpaired) electrons. The number of hydrogen-bond donors (Lipinski definition) is 0. The van der Waals surface area contributed by atoms with Crippen molar-refractivity contribution in [1.82, 2.24) is 0 Å². The first kappa shape index (κ1) is 25.4. The summed E-state index contributed by atoms with van der Waals surface area (Å²) in [6, 6.07) is 9.61. The molecule has 10 nitrogen and oxygen atoms in total. The van der Waals surface area contributed by atoms with Crippen LogP contribution in [0.25, 0.3) is 0 Å². The maximum Gasteiger partial charge on any atom is 0.328 e. The van der Waals surface area contributed by atoms with Crippen molar-refractivity contribution in [3.63, 3.8) is 0 Å². The van der Waals surface area contributed by atoms with E-state index in [0.717, 1.165) is 12.8 Å². The molecule has 0 aliphatic heterocycles. The molecule has 12 heteroatoms. The summed E-state index contributed by atoms with van der Waals surface area (Å²) in [5, 5.41) is 25.5. The summed E-state index contributed by atoms with van der Waals surface area (Å²) in [7, 11) is -3.84. The SMILES string of the molecule is CCCCOOSON=C(C#N)c1ccc(C(C#N)=NOS(=O)(=O)CCCC)cc1. The van der Waals surface area contributed by atoms with Gasteiger partial charge in [-0.05, 0) is 12.8 Å². The Kier molecular flexibility index (Phi) is 12.2. The molecule has 1 rings (SSSR count). The van der Waals surface area contributed by atoms with Gasteiger partial charge < -0.3 is 0 Å². The number of oxime groups is 2. The summed E-state index contributed by atoms with van der Waals surface area (Å²) in [6.07, 6.45) is 2.91. The minimum atomic E-state index is -3.84. The van der Waals surface area contributed by atoms with Gasteiger partial charge in [0.1, 0.15) is 12.1 Å². The molecule has 0 unspecified atom stereocenters. The van der Waals surface area contributed by atoms with E-state index >= 15 is 0 Å². The Morgan fingerprint density at radius 1 is 1.00 bits per heavy atom. The fourth-order valence-electron chi connectivity index (χ4n) is 1.84. The van der Waals surface area contributed by atoms with Gasteiger partial charge in [-0.3, -0.25) is 8.57 Å². The van der Waals surface area contributed by atoms with Crippen LogP contribution in [0.1, 0.15) is 50.7 Å². The number of nitriles is 2. The monoisotopic (exact) mass is 454 g/mol. The highest BCUT2D eigenvalue weighted by Crippen LogP contribution is 2.12. The first-order valence-electron chi connectivity index (χ1n) is 9.07. The van der Waals surface area contributed by atoms with Crippen molar-refractivity contribution in [2.24, 2.45) is 10.3 Å². The molecule has 0 amide bonds. The average molecular weight is 455 g/mol. The summed E-state index contributed by atoms with van der Waals surface area (Å²) >= 11 is 0.472. The van der Waals surface area contributed by atoms with Crippen molar-refractivity contribution >= 4 is 33.9 Å². The highest BCUT2D eigenvalue weighted by Gasteiger charge is 2.13. The summed E-state index contributed by atoms with van der Waals surface area (Å²) < 4.78 is 37.4. The van der Waals surface area contributed by atoms with Crippen molar-refractivity contribution in [2.75, 3.05) is 12.4 Å². The number of nitrogens with zero attached hydrogens (tertiary/aromatic N) is 4. The normalized spacial score (nSPS) is 12.1. The van der Waals surface area contributed by atoms with Gasteiger partial charge >= 0.3 is 10.1 Å². The van der Waals surface area contributed by atoms with Gasteiger partial charge in [0.15, 0.2) is 11.4 Å². The van der Waals surface area contributed by atoms with E-state index < -0.39 is 10.1 Å². The van der Waals surface area contributed by atoms with Gasteiger partial charge in [0.05, 0.1) is 12.4 Å². The molecule has 30 heavy (non-hydrogen) atoms. The van der Waals surface area contributed by atoms with Crippen LogP contribution in [-0.4, -0.2) is 32.2 Å². The van der Waals surface area contributed by atoms with Crippen LogP contribution < -0.4 is 0 Å². The molecule has 0 saturated heterocycles. The Balaban J connectivity index is 2.75. The molecule has 1 aromatic carbocycles. The smallest absolute Gasteiger partial charge is 0.288 e. The van der Waals surface area contributed by atoms with Crippen molar-refractivity contribution < 1.29 is 26.2 Å². The van der Waals surface area contributed by atoms with E-state index in [9.17, 15) is 18.9 Å². The third-order valence-electron chi connectivity index (χ3n) is 3.45. The van der Waals surface area contributed by atoms with E-state index in [1.807, 2.05) is 19.9 Å². The minimum absolute atomic E-state index is 0.0416. The van der Waals surface area contributed by atoms with E-state index in [4.69, 9.17) is 9.17 Å². The van der Waals surface area contributed by atoms with Crippen LogP contribution in [0.5, 0.6) is 0 Å². The molecule has 0 N–H and O–H groups in total. The van der Waals surface area contributed by atoms with Crippen LogP contribution in [0, 0.1) is 22.7 Å². The molecule has 0 aromatic heterocycles. The summed E-state index contributed by atoms with van der Waals surface area (Å²) in [6.45, 7) is 4.27. The van der Waals surface area contributed by atoms with E-state index in [1.165, 1.54) is 24.3 Å². The zero-order valence-electron chi connectivity index (χ0n) is 16.6. The number of benzene rings is 1. The zero-order valence-corrected chi connectivity index (χ0v) is 18.2. The van der Waals surface area contributed by atoms with Crippen LogP contribution in [-0.2, 0) is 27.9 Å². The molecule has 0 bridgehead atoms. The number of unbranched alkanes of at least 4 members (excludes halogenated alkanes) is 2. The predicted molar refractivity (Wildman–Crippen MR) is 111 cm³/mol. The molecular formula is C18H22N4O6S2. The number of rotatable bonds is 14. The third-order valence-corrected chi connectivity index (χ3v) is 4.83. The molecule has 0 spiro atoms. The van der Waals surface area contributed by atoms with Gasteiger partial charge in [-0.2, -0.15) is 18.9 Å². The number of hydrogen-bond acceptors (Lipinski definition) is 11. The molecule has 162 valence electrons. The van der Waals surface area contributed by atoms with E-state index in [1.54, 1.807) is 6.07 Å². The Labute approximate surface area is 180 Å². The summed E-state index contributed by atoms with van der Waals surface area (Å²) in [5.41, 5.74) is 0.455. The Bertz CT molecular complexity index is 902. The second-order valence-corrected chi connectivity index (χ2v) is 7.85. The average Bonchev–Trinajstić information content (AvgIpc) is 2.75. The lowest BCUT2D eigenvalue weighted by Crippen LogP contribution is -2.09. The topological polar surface area (TPSA) is 143 Å². The van der Waals surface area contributed by atoms with Crippen LogP contribution in [0.4, 0.5) is 0 Å². The maximum absolute atomic E-state index is 11.7. The first-order valence-corrected chi connectivity index (χ1v) is 11.3. The fraction of sp³-hybridized carbons (Fsp3) is 0.444. The van der Waals surface area contributed by atoms with Crippen LogP contribution in [0.3, 0.4) is 0 Å². The Morgan fingerprint density at radius 3 is 2.10 bits per heavy atom. The van der Waals surface area contributed by atoms with Gasteiger partial charge in [0.25, 0.3) is 12.3 Å². The molecule has 0 atom stereocenters. The lowest BCUT2D eigenvalue weighted by molar-refractivity contribution is -0.197. The highest BCUT2D eigenvalue weighted by atomic mass is 32.2. The lowest BCUT2D eigenvalue weighted by atomic mass is 10.1. The summed E-state index contributed by atoms with van der Waals surface area (Å²) in [5.74, 6) is -0.183. The molecule has 0 fully saturated rings. The fourth-order valence-corrected chi connectivity index (χ4v) is 2.98. The van der Waals surface area contributed by atoms with E-state index in [0.29, 0.717) is 42.9 Å². The third kappa shape index (κ3) is 9.71. The van der Waals surface area contributed by atoms with Gasteiger partial charge in [0, 0.05) is 11.1 Å². The highest BCUT2D eigenvalue weighted by molar-refractivity contribution is 7.89. The quantitative estimate of drug-likeness (QED) is 0.135. The molecule has 1 aromatic rings. The van der Waals surface area contributed by atoms with Gasteiger partial charge in [-0.25, -0.2) is 4.89 Å².